The number of halogens is 2. The van der Waals surface area contributed by atoms with Crippen LogP contribution in [0.15, 0.2) is 24.4 Å². The minimum Gasteiger partial charge on any atom is -0.477 e. The van der Waals surface area contributed by atoms with E-state index in [2.05, 4.69) is 15.3 Å². The van der Waals surface area contributed by atoms with Crippen molar-refractivity contribution < 1.29 is 9.90 Å². The van der Waals surface area contributed by atoms with Gasteiger partial charge in [0.15, 0.2) is 5.82 Å². The van der Waals surface area contributed by atoms with Crippen LogP contribution in [0.5, 0.6) is 0 Å². The van der Waals surface area contributed by atoms with Gasteiger partial charge in [0, 0.05) is 17.8 Å². The first-order valence-electron chi connectivity index (χ1n) is 6.20. The van der Waals surface area contributed by atoms with Crippen molar-refractivity contribution in [2.45, 2.75) is 19.9 Å². The van der Waals surface area contributed by atoms with Crippen molar-refractivity contribution in [3.63, 3.8) is 0 Å². The standard InChI is InChI=1S/C14H13Cl2N3O2/c1-7(2)18-13-9(14(20)21)6-17-12(19-13)8-3-4-10(15)11(16)5-8/h3-7H,1-2H3,(H,20,21)(H,17,18,19). The minimum absolute atomic E-state index is 0.0208. The van der Waals surface area contributed by atoms with Gasteiger partial charge in [-0.05, 0) is 32.0 Å². The average molecular weight is 326 g/mol. The Bertz CT molecular complexity index is 690. The lowest BCUT2D eigenvalue weighted by Gasteiger charge is -2.12. The Kier molecular flexibility index (Phi) is 4.65. The van der Waals surface area contributed by atoms with Crippen molar-refractivity contribution in [1.29, 1.82) is 0 Å². The number of rotatable bonds is 4. The van der Waals surface area contributed by atoms with Gasteiger partial charge in [0.25, 0.3) is 0 Å². The van der Waals surface area contributed by atoms with Gasteiger partial charge in [0.1, 0.15) is 11.4 Å². The lowest BCUT2D eigenvalue weighted by molar-refractivity contribution is 0.0697. The summed E-state index contributed by atoms with van der Waals surface area (Å²) in [6, 6.07) is 5.05. The summed E-state index contributed by atoms with van der Waals surface area (Å²) in [7, 11) is 0. The van der Waals surface area contributed by atoms with E-state index in [1.807, 2.05) is 13.8 Å². The molecule has 1 aromatic carbocycles. The summed E-state index contributed by atoms with van der Waals surface area (Å²) in [6.07, 6.45) is 1.28. The molecule has 2 aromatic rings. The molecule has 0 bridgehead atoms. The van der Waals surface area contributed by atoms with E-state index >= 15 is 0 Å². The van der Waals surface area contributed by atoms with E-state index in [1.165, 1.54) is 6.20 Å². The molecule has 0 unspecified atom stereocenters. The number of aromatic nitrogens is 2. The van der Waals surface area contributed by atoms with Crippen LogP contribution < -0.4 is 5.32 Å². The first kappa shape index (κ1) is 15.5. The zero-order valence-electron chi connectivity index (χ0n) is 11.4. The first-order valence-corrected chi connectivity index (χ1v) is 6.96. The van der Waals surface area contributed by atoms with Crippen molar-refractivity contribution in [2.75, 3.05) is 5.32 Å². The van der Waals surface area contributed by atoms with Crippen molar-refractivity contribution in [2.24, 2.45) is 0 Å². The Balaban J connectivity index is 2.50. The van der Waals surface area contributed by atoms with Crippen LogP contribution in [0.4, 0.5) is 5.82 Å². The minimum atomic E-state index is -1.08. The summed E-state index contributed by atoms with van der Waals surface area (Å²) < 4.78 is 0. The number of hydrogen-bond donors (Lipinski definition) is 2. The van der Waals surface area contributed by atoms with Crippen LogP contribution in [-0.2, 0) is 0 Å². The van der Waals surface area contributed by atoms with E-state index in [9.17, 15) is 4.79 Å². The van der Waals surface area contributed by atoms with E-state index in [4.69, 9.17) is 28.3 Å². The fourth-order valence-corrected chi connectivity index (χ4v) is 1.99. The van der Waals surface area contributed by atoms with Gasteiger partial charge in [-0.3, -0.25) is 0 Å². The van der Waals surface area contributed by atoms with Gasteiger partial charge in [-0.2, -0.15) is 0 Å². The third kappa shape index (κ3) is 3.62. The molecule has 5 nitrogen and oxygen atoms in total. The van der Waals surface area contributed by atoms with Crippen LogP contribution >= 0.6 is 23.2 Å². The fraction of sp³-hybridized carbons (Fsp3) is 0.214. The molecule has 0 amide bonds. The fourth-order valence-electron chi connectivity index (χ4n) is 1.70. The predicted octanol–water partition coefficient (Wildman–Crippen LogP) is 3.97. The largest absolute Gasteiger partial charge is 0.477 e. The molecule has 110 valence electrons. The Morgan fingerprint density at radius 3 is 2.57 bits per heavy atom. The Hall–Kier alpha value is -1.85. The smallest absolute Gasteiger partial charge is 0.341 e. The molecule has 2 N–H and O–H groups in total. The van der Waals surface area contributed by atoms with E-state index in [1.54, 1.807) is 18.2 Å². The number of carboxylic acids is 1. The molecule has 0 spiro atoms. The van der Waals surface area contributed by atoms with Gasteiger partial charge in [0.2, 0.25) is 0 Å². The van der Waals surface area contributed by atoms with Crippen LogP contribution in [0.2, 0.25) is 10.0 Å². The number of nitrogens with one attached hydrogen (secondary N) is 1. The molecular formula is C14H13Cl2N3O2. The highest BCUT2D eigenvalue weighted by Crippen LogP contribution is 2.27. The van der Waals surface area contributed by atoms with Crippen LogP contribution in [0, 0.1) is 0 Å². The van der Waals surface area contributed by atoms with Crippen LogP contribution in [-0.4, -0.2) is 27.1 Å². The monoisotopic (exact) mass is 325 g/mol. The lowest BCUT2D eigenvalue weighted by Crippen LogP contribution is -2.16. The summed E-state index contributed by atoms with van der Waals surface area (Å²) >= 11 is 11.8. The summed E-state index contributed by atoms with van der Waals surface area (Å²) in [5.41, 5.74) is 0.681. The summed E-state index contributed by atoms with van der Waals surface area (Å²) in [5, 5.41) is 13.0. The van der Waals surface area contributed by atoms with Crippen LogP contribution in [0.25, 0.3) is 11.4 Å². The molecule has 7 heteroatoms. The summed E-state index contributed by atoms with van der Waals surface area (Å²) in [5.74, 6) is -0.436. The van der Waals surface area contributed by atoms with Crippen molar-refractivity contribution in [3.05, 3.63) is 40.0 Å². The number of anilines is 1. The van der Waals surface area contributed by atoms with E-state index < -0.39 is 5.97 Å². The molecule has 0 aliphatic carbocycles. The SMILES string of the molecule is CC(C)Nc1nc(-c2ccc(Cl)c(Cl)c2)ncc1C(=O)O. The zero-order chi connectivity index (χ0) is 15.6. The van der Waals surface area contributed by atoms with Gasteiger partial charge in [0.05, 0.1) is 10.0 Å². The molecule has 1 heterocycles. The number of hydrogen-bond acceptors (Lipinski definition) is 4. The second-order valence-electron chi connectivity index (χ2n) is 4.69. The van der Waals surface area contributed by atoms with E-state index in [-0.39, 0.29) is 17.4 Å². The third-order valence-corrected chi connectivity index (χ3v) is 3.36. The van der Waals surface area contributed by atoms with Gasteiger partial charge >= 0.3 is 5.97 Å². The summed E-state index contributed by atoms with van der Waals surface area (Å²) in [6.45, 7) is 3.79. The maximum atomic E-state index is 11.2. The van der Waals surface area contributed by atoms with Gasteiger partial charge in [-0.1, -0.05) is 23.2 Å². The third-order valence-electron chi connectivity index (χ3n) is 2.62. The highest BCUT2D eigenvalue weighted by Gasteiger charge is 2.15. The predicted molar refractivity (Wildman–Crippen MR) is 83.2 cm³/mol. The van der Waals surface area contributed by atoms with Crippen molar-refractivity contribution in [1.82, 2.24) is 9.97 Å². The molecule has 0 fully saturated rings. The Labute approximate surface area is 131 Å². The highest BCUT2D eigenvalue weighted by molar-refractivity contribution is 6.42. The molecule has 0 saturated carbocycles. The average Bonchev–Trinajstić information content (AvgIpc) is 2.40. The molecule has 0 saturated heterocycles. The molecule has 2 rings (SSSR count). The molecule has 0 aliphatic rings. The molecule has 0 radical (unpaired) electrons. The molecule has 1 aromatic heterocycles. The Morgan fingerprint density at radius 2 is 2.00 bits per heavy atom. The maximum absolute atomic E-state index is 11.2. The highest BCUT2D eigenvalue weighted by atomic mass is 35.5. The number of carbonyl (C=O) groups is 1. The van der Waals surface area contributed by atoms with Crippen molar-refractivity contribution in [3.8, 4) is 11.4 Å². The van der Waals surface area contributed by atoms with Gasteiger partial charge < -0.3 is 10.4 Å². The second-order valence-corrected chi connectivity index (χ2v) is 5.50. The number of benzene rings is 1. The molecule has 0 aliphatic heterocycles. The number of carboxylic acid groups (broad SMARTS) is 1. The van der Waals surface area contributed by atoms with Gasteiger partial charge in [-0.25, -0.2) is 14.8 Å². The van der Waals surface area contributed by atoms with E-state index in [0.29, 0.717) is 21.4 Å². The second kappa shape index (κ2) is 6.28. The molecule has 21 heavy (non-hydrogen) atoms. The quantitative estimate of drug-likeness (QED) is 0.889. The normalized spacial score (nSPS) is 10.7. The number of nitrogens with zero attached hydrogens (tertiary/aromatic N) is 2. The lowest BCUT2D eigenvalue weighted by atomic mass is 10.2. The maximum Gasteiger partial charge on any atom is 0.341 e. The first-order chi connectivity index (χ1) is 9.88. The molecular weight excluding hydrogens is 313 g/mol. The number of aromatic carboxylic acids is 1. The molecule has 0 atom stereocenters. The van der Waals surface area contributed by atoms with Crippen LogP contribution in [0.3, 0.4) is 0 Å². The van der Waals surface area contributed by atoms with Gasteiger partial charge in [-0.15, -0.1) is 0 Å². The zero-order valence-corrected chi connectivity index (χ0v) is 12.9. The Morgan fingerprint density at radius 1 is 1.29 bits per heavy atom. The van der Waals surface area contributed by atoms with Crippen LogP contribution in [0.1, 0.15) is 24.2 Å². The topological polar surface area (TPSA) is 75.1 Å². The summed E-state index contributed by atoms with van der Waals surface area (Å²) in [4.78, 5) is 19.5. The van der Waals surface area contributed by atoms with E-state index in [0.717, 1.165) is 0 Å². The van der Waals surface area contributed by atoms with Crippen molar-refractivity contribution >= 4 is 35.0 Å².